The molecule has 0 aliphatic carbocycles. The average Bonchev–Trinajstić information content (AvgIpc) is 2.42. The first-order chi connectivity index (χ1) is 8.79. The molecule has 2 aromatic carbocycles. The highest BCUT2D eigenvalue weighted by molar-refractivity contribution is 9.10. The Labute approximate surface area is 117 Å². The molecule has 0 aliphatic heterocycles. The molecular weight excluding hydrogens is 286 g/mol. The lowest BCUT2D eigenvalue weighted by atomic mass is 9.99. The first-order valence-electron chi connectivity index (χ1n) is 6.32. The normalized spacial score (nSPS) is 12.3. The van der Waals surface area contributed by atoms with Crippen LogP contribution in [0.3, 0.4) is 0 Å². The van der Waals surface area contributed by atoms with Gasteiger partial charge in [0.25, 0.3) is 0 Å². The van der Waals surface area contributed by atoms with Gasteiger partial charge in [-0.3, -0.25) is 0 Å². The van der Waals surface area contributed by atoms with E-state index in [-0.39, 0.29) is 0 Å². The topological polar surface area (TPSA) is 12.0 Å². The summed E-state index contributed by atoms with van der Waals surface area (Å²) in [5, 5.41) is 3.55. The standard InChI is InChI=1S/C16H18BrN/c1-2-18-16(14-6-4-3-5-7-14)12-13-8-10-15(17)11-9-13/h3-11,16,18H,2,12H2,1H3. The molecule has 1 unspecified atom stereocenters. The van der Waals surface area contributed by atoms with E-state index in [0.29, 0.717) is 6.04 Å². The van der Waals surface area contributed by atoms with Gasteiger partial charge in [0.15, 0.2) is 0 Å². The number of likely N-dealkylation sites (N-methyl/N-ethyl adjacent to an activating group) is 1. The van der Waals surface area contributed by atoms with Crippen LogP contribution in [-0.2, 0) is 6.42 Å². The van der Waals surface area contributed by atoms with E-state index < -0.39 is 0 Å². The van der Waals surface area contributed by atoms with Crippen molar-refractivity contribution < 1.29 is 0 Å². The quantitative estimate of drug-likeness (QED) is 0.866. The molecule has 0 aromatic heterocycles. The summed E-state index contributed by atoms with van der Waals surface area (Å²) in [6, 6.07) is 19.6. The van der Waals surface area contributed by atoms with Gasteiger partial charge in [0.05, 0.1) is 0 Å². The van der Waals surface area contributed by atoms with E-state index >= 15 is 0 Å². The molecule has 0 bridgehead atoms. The number of hydrogen-bond acceptors (Lipinski definition) is 1. The molecule has 0 fully saturated rings. The largest absolute Gasteiger partial charge is 0.310 e. The maximum absolute atomic E-state index is 3.55. The van der Waals surface area contributed by atoms with Crippen LogP contribution in [0.4, 0.5) is 0 Å². The molecule has 1 N–H and O–H groups in total. The van der Waals surface area contributed by atoms with Crippen molar-refractivity contribution in [3.63, 3.8) is 0 Å². The summed E-state index contributed by atoms with van der Waals surface area (Å²) < 4.78 is 1.13. The lowest BCUT2D eigenvalue weighted by Gasteiger charge is -2.18. The van der Waals surface area contributed by atoms with Crippen LogP contribution >= 0.6 is 15.9 Å². The molecule has 18 heavy (non-hydrogen) atoms. The van der Waals surface area contributed by atoms with Crippen molar-refractivity contribution in [2.24, 2.45) is 0 Å². The lowest BCUT2D eigenvalue weighted by molar-refractivity contribution is 0.550. The molecule has 0 spiro atoms. The first kappa shape index (κ1) is 13.3. The highest BCUT2D eigenvalue weighted by Gasteiger charge is 2.10. The number of hydrogen-bond donors (Lipinski definition) is 1. The summed E-state index contributed by atoms with van der Waals surface area (Å²) in [6.07, 6.45) is 1.02. The van der Waals surface area contributed by atoms with Gasteiger partial charge in [-0.2, -0.15) is 0 Å². The van der Waals surface area contributed by atoms with Gasteiger partial charge in [0.1, 0.15) is 0 Å². The van der Waals surface area contributed by atoms with Crippen molar-refractivity contribution in [3.8, 4) is 0 Å². The number of benzene rings is 2. The summed E-state index contributed by atoms with van der Waals surface area (Å²) in [6.45, 7) is 3.13. The molecule has 1 atom stereocenters. The van der Waals surface area contributed by atoms with Gasteiger partial charge in [0, 0.05) is 10.5 Å². The third-order valence-corrected chi connectivity index (χ3v) is 3.53. The summed E-state index contributed by atoms with van der Waals surface area (Å²) in [5.74, 6) is 0. The molecule has 0 amide bonds. The van der Waals surface area contributed by atoms with Crippen molar-refractivity contribution in [1.82, 2.24) is 5.32 Å². The molecule has 94 valence electrons. The van der Waals surface area contributed by atoms with E-state index in [0.717, 1.165) is 17.4 Å². The fourth-order valence-electron chi connectivity index (χ4n) is 2.10. The second-order valence-electron chi connectivity index (χ2n) is 4.35. The highest BCUT2D eigenvalue weighted by Crippen LogP contribution is 2.19. The Morgan fingerprint density at radius 1 is 1.00 bits per heavy atom. The molecule has 2 aromatic rings. The Morgan fingerprint density at radius 2 is 1.67 bits per heavy atom. The zero-order valence-corrected chi connectivity index (χ0v) is 12.2. The van der Waals surface area contributed by atoms with Crippen molar-refractivity contribution in [1.29, 1.82) is 0 Å². The van der Waals surface area contributed by atoms with Crippen molar-refractivity contribution in [3.05, 3.63) is 70.2 Å². The van der Waals surface area contributed by atoms with Crippen LogP contribution in [0.2, 0.25) is 0 Å². The minimum absolute atomic E-state index is 0.386. The van der Waals surface area contributed by atoms with E-state index in [1.165, 1.54) is 11.1 Å². The van der Waals surface area contributed by atoms with Gasteiger partial charge >= 0.3 is 0 Å². The van der Waals surface area contributed by atoms with Crippen LogP contribution in [-0.4, -0.2) is 6.54 Å². The molecule has 0 aliphatic rings. The Kier molecular flexibility index (Phi) is 4.97. The first-order valence-corrected chi connectivity index (χ1v) is 7.11. The zero-order chi connectivity index (χ0) is 12.8. The van der Waals surface area contributed by atoms with Gasteiger partial charge in [-0.15, -0.1) is 0 Å². The fraction of sp³-hybridized carbons (Fsp3) is 0.250. The Morgan fingerprint density at radius 3 is 2.28 bits per heavy atom. The van der Waals surface area contributed by atoms with Gasteiger partial charge in [-0.1, -0.05) is 65.3 Å². The molecule has 0 saturated carbocycles. The smallest absolute Gasteiger partial charge is 0.0360 e. The lowest BCUT2D eigenvalue weighted by Crippen LogP contribution is -2.22. The van der Waals surface area contributed by atoms with Crippen molar-refractivity contribution in [2.75, 3.05) is 6.54 Å². The van der Waals surface area contributed by atoms with E-state index in [2.05, 4.69) is 82.8 Å². The van der Waals surface area contributed by atoms with Crippen LogP contribution in [0.5, 0.6) is 0 Å². The van der Waals surface area contributed by atoms with Crippen LogP contribution in [0.25, 0.3) is 0 Å². The fourth-order valence-corrected chi connectivity index (χ4v) is 2.36. The minimum atomic E-state index is 0.386. The van der Waals surface area contributed by atoms with Gasteiger partial charge in [-0.05, 0) is 36.2 Å². The van der Waals surface area contributed by atoms with Gasteiger partial charge in [-0.25, -0.2) is 0 Å². The monoisotopic (exact) mass is 303 g/mol. The van der Waals surface area contributed by atoms with Crippen molar-refractivity contribution >= 4 is 15.9 Å². The molecule has 2 rings (SSSR count). The van der Waals surface area contributed by atoms with Crippen LogP contribution in [0, 0.1) is 0 Å². The maximum Gasteiger partial charge on any atom is 0.0360 e. The third-order valence-electron chi connectivity index (χ3n) is 3.01. The molecule has 1 nitrogen and oxygen atoms in total. The Hall–Kier alpha value is -1.12. The zero-order valence-electron chi connectivity index (χ0n) is 10.6. The third kappa shape index (κ3) is 3.69. The summed E-state index contributed by atoms with van der Waals surface area (Å²) in [4.78, 5) is 0. The minimum Gasteiger partial charge on any atom is -0.310 e. The number of rotatable bonds is 5. The molecule has 0 saturated heterocycles. The summed E-state index contributed by atoms with van der Waals surface area (Å²) >= 11 is 3.47. The van der Waals surface area contributed by atoms with Crippen molar-refractivity contribution in [2.45, 2.75) is 19.4 Å². The Bertz CT molecular complexity index is 464. The average molecular weight is 304 g/mol. The van der Waals surface area contributed by atoms with Crippen LogP contribution in [0.1, 0.15) is 24.1 Å². The van der Waals surface area contributed by atoms with E-state index in [1.807, 2.05) is 0 Å². The predicted octanol–water partition coefficient (Wildman–Crippen LogP) is 4.34. The van der Waals surface area contributed by atoms with E-state index in [9.17, 15) is 0 Å². The summed E-state index contributed by atoms with van der Waals surface area (Å²) in [5.41, 5.74) is 2.70. The Balaban J connectivity index is 2.14. The maximum atomic E-state index is 3.55. The SMILES string of the molecule is CCNC(Cc1ccc(Br)cc1)c1ccccc1. The second-order valence-corrected chi connectivity index (χ2v) is 5.27. The predicted molar refractivity (Wildman–Crippen MR) is 80.7 cm³/mol. The second kappa shape index (κ2) is 6.72. The van der Waals surface area contributed by atoms with Crippen LogP contribution in [0.15, 0.2) is 59.1 Å². The molecular formula is C16H18BrN. The number of halogens is 1. The highest BCUT2D eigenvalue weighted by atomic mass is 79.9. The van der Waals surface area contributed by atoms with E-state index in [1.54, 1.807) is 0 Å². The molecule has 2 heteroatoms. The molecule has 0 radical (unpaired) electrons. The van der Waals surface area contributed by atoms with Crippen LogP contribution < -0.4 is 5.32 Å². The number of nitrogens with one attached hydrogen (secondary N) is 1. The van der Waals surface area contributed by atoms with E-state index in [4.69, 9.17) is 0 Å². The summed E-state index contributed by atoms with van der Waals surface area (Å²) in [7, 11) is 0. The van der Waals surface area contributed by atoms with Gasteiger partial charge in [0.2, 0.25) is 0 Å². The molecule has 0 heterocycles. The van der Waals surface area contributed by atoms with Gasteiger partial charge < -0.3 is 5.32 Å².